The molecule has 0 saturated carbocycles. The first-order chi connectivity index (χ1) is 18.2. The number of hydrogen-bond donors (Lipinski definition) is 2. The zero-order valence-electron chi connectivity index (χ0n) is 23.8. The van der Waals surface area contributed by atoms with Gasteiger partial charge in [0.15, 0.2) is 0 Å². The number of imidazole rings is 3. The van der Waals surface area contributed by atoms with Crippen LogP contribution < -0.4 is 0 Å². The van der Waals surface area contributed by atoms with Gasteiger partial charge in [-0.25, -0.2) is 29.3 Å². The molecule has 3 aromatic rings. The Bertz CT molecular complexity index is 1210. The summed E-state index contributed by atoms with van der Waals surface area (Å²) in [5.41, 5.74) is 0. The molecule has 0 aromatic carbocycles. The number of carbonyl (C=O) groups excluding carboxylic acids is 3. The van der Waals surface area contributed by atoms with Gasteiger partial charge in [0.2, 0.25) is 17.5 Å². The number of carbonyl (C=O) groups is 3. The Balaban J connectivity index is 0.000000320. The van der Waals surface area contributed by atoms with Crippen molar-refractivity contribution in [1.29, 1.82) is 0 Å². The number of methoxy groups -OCH3 is 3. The van der Waals surface area contributed by atoms with Crippen molar-refractivity contribution < 1.29 is 37.4 Å². The molecule has 0 saturated heterocycles. The second kappa shape index (κ2) is 15.6. The third kappa shape index (κ3) is 11.4. The Labute approximate surface area is 222 Å². The standard InChI is InChI=1S/C11H19BrN2O3Si.2C5H6N2O2/c1-16-11(15)10-13-9(12)7-14(10)8-17-5-6-18(2,3)4;2*1-9-5(8)4-6-2-3-7-4/h7H,5-6,8H2,1-4H3;2*2-3H,1H3,(H,6,7)/i7D;2D,3D;. The first kappa shape index (κ1) is 25.8. The van der Waals surface area contributed by atoms with Crippen LogP contribution in [0.4, 0.5) is 0 Å². The van der Waals surface area contributed by atoms with Crippen molar-refractivity contribution in [3.8, 4) is 0 Å². The normalized spacial score (nSPS) is 11.5. The lowest BCUT2D eigenvalue weighted by atomic mass is 10.6. The van der Waals surface area contributed by atoms with Crippen LogP contribution in [0.25, 0.3) is 0 Å². The van der Waals surface area contributed by atoms with E-state index in [1.807, 2.05) is 0 Å². The van der Waals surface area contributed by atoms with Crippen LogP contribution in [-0.4, -0.2) is 83.4 Å². The number of rotatable bonds is 8. The van der Waals surface area contributed by atoms with Crippen molar-refractivity contribution in [3.63, 3.8) is 0 Å². The molecule has 0 aliphatic carbocycles. The topological polar surface area (TPSA) is 163 Å². The minimum Gasteiger partial charge on any atom is -0.463 e. The summed E-state index contributed by atoms with van der Waals surface area (Å²) in [7, 11) is 2.66. The van der Waals surface area contributed by atoms with Crippen molar-refractivity contribution in [3.05, 3.63) is 53.0 Å². The van der Waals surface area contributed by atoms with Crippen LogP contribution in [0.2, 0.25) is 25.7 Å². The number of hydrogen-bond acceptors (Lipinski definition) is 10. The molecule has 0 bridgehead atoms. The lowest BCUT2D eigenvalue weighted by Crippen LogP contribution is -2.22. The fourth-order valence-corrected chi connectivity index (χ4v) is 3.22. The highest BCUT2D eigenvalue weighted by molar-refractivity contribution is 9.10. The minimum absolute atomic E-state index is 0.0763. The van der Waals surface area contributed by atoms with E-state index in [-0.39, 0.29) is 42.7 Å². The Hall–Kier alpha value is -3.30. The summed E-state index contributed by atoms with van der Waals surface area (Å²) in [6.07, 6.45) is 2.71. The van der Waals surface area contributed by atoms with Gasteiger partial charge in [-0.3, -0.25) is 0 Å². The largest absolute Gasteiger partial charge is 0.463 e. The van der Waals surface area contributed by atoms with Gasteiger partial charge in [-0.1, -0.05) is 19.6 Å². The summed E-state index contributed by atoms with van der Waals surface area (Å²) in [5.74, 6) is -1.49. The van der Waals surface area contributed by atoms with Crippen molar-refractivity contribution >= 4 is 41.9 Å². The third-order valence-corrected chi connectivity index (χ3v) is 5.99. The van der Waals surface area contributed by atoms with Crippen LogP contribution in [0.1, 0.15) is 36.0 Å². The van der Waals surface area contributed by atoms with Gasteiger partial charge in [-0.05, 0) is 22.0 Å². The summed E-state index contributed by atoms with van der Waals surface area (Å²) < 4.78 is 42.3. The Morgan fingerprint density at radius 3 is 2.11 bits per heavy atom. The van der Waals surface area contributed by atoms with Gasteiger partial charge in [0, 0.05) is 45.6 Å². The van der Waals surface area contributed by atoms with Gasteiger partial charge in [0.1, 0.15) is 11.3 Å². The predicted octanol–water partition coefficient (Wildman–Crippen LogP) is 3.14. The molecule has 0 spiro atoms. The Kier molecular flexibility index (Phi) is 11.2. The van der Waals surface area contributed by atoms with Gasteiger partial charge in [0.05, 0.1) is 25.4 Å². The second-order valence-electron chi connectivity index (χ2n) is 7.85. The van der Waals surface area contributed by atoms with E-state index in [0.29, 0.717) is 11.2 Å². The molecule has 0 aliphatic rings. The maximum atomic E-state index is 11.5. The van der Waals surface area contributed by atoms with Crippen LogP contribution >= 0.6 is 15.9 Å². The number of nitrogens with zero attached hydrogens (tertiary/aromatic N) is 4. The number of H-pyrrole nitrogens is 2. The first-order valence-corrected chi connectivity index (χ1v) is 14.8. The summed E-state index contributed by atoms with van der Waals surface area (Å²) in [4.78, 5) is 48.7. The van der Waals surface area contributed by atoms with Gasteiger partial charge < -0.3 is 33.5 Å². The van der Waals surface area contributed by atoms with E-state index in [2.05, 4.69) is 74.7 Å². The maximum absolute atomic E-state index is 11.5. The Morgan fingerprint density at radius 1 is 1.03 bits per heavy atom. The molecule has 3 aromatic heterocycles. The highest BCUT2D eigenvalue weighted by Crippen LogP contribution is 2.12. The first-order valence-electron chi connectivity index (χ1n) is 11.8. The van der Waals surface area contributed by atoms with Crippen molar-refractivity contribution in [2.45, 2.75) is 32.4 Å². The smallest absolute Gasteiger partial charge is 0.374 e. The molecule has 0 aliphatic heterocycles. The van der Waals surface area contributed by atoms with Crippen molar-refractivity contribution in [2.75, 3.05) is 27.9 Å². The lowest BCUT2D eigenvalue weighted by Gasteiger charge is -2.15. The number of esters is 3. The van der Waals surface area contributed by atoms with Gasteiger partial charge in [-0.2, -0.15) is 0 Å². The zero-order chi connectivity index (χ0) is 29.8. The number of aromatic nitrogens is 6. The molecule has 13 nitrogen and oxygen atoms in total. The molecule has 2 N–H and O–H groups in total. The molecule has 0 unspecified atom stereocenters. The summed E-state index contributed by atoms with van der Waals surface area (Å²) >= 11 is 3.13. The van der Waals surface area contributed by atoms with E-state index >= 15 is 0 Å². The summed E-state index contributed by atoms with van der Waals surface area (Å²) in [5, 5.41) is 0. The molecule has 198 valence electrons. The van der Waals surface area contributed by atoms with E-state index in [0.717, 1.165) is 6.04 Å². The van der Waals surface area contributed by atoms with E-state index in [9.17, 15) is 14.4 Å². The van der Waals surface area contributed by atoms with E-state index < -0.39 is 26.0 Å². The predicted molar refractivity (Wildman–Crippen MR) is 135 cm³/mol. The molecule has 0 radical (unpaired) electrons. The van der Waals surface area contributed by atoms with E-state index in [1.54, 1.807) is 6.20 Å². The average molecular weight is 591 g/mol. The Morgan fingerprint density at radius 2 is 1.64 bits per heavy atom. The molecular weight excluding hydrogens is 556 g/mol. The lowest BCUT2D eigenvalue weighted by molar-refractivity contribution is 0.0529. The van der Waals surface area contributed by atoms with Crippen LogP contribution in [-0.2, 0) is 25.7 Å². The van der Waals surface area contributed by atoms with Crippen LogP contribution in [0, 0.1) is 0 Å². The molecule has 3 rings (SSSR count). The number of halogens is 1. The summed E-state index contributed by atoms with van der Waals surface area (Å²) in [6, 6.07) is 1.03. The molecule has 15 heteroatoms. The zero-order valence-corrected chi connectivity index (χ0v) is 23.4. The average Bonchev–Trinajstić information content (AvgIpc) is 3.62. The molecule has 36 heavy (non-hydrogen) atoms. The third-order valence-electron chi connectivity index (χ3n) is 3.93. The van der Waals surface area contributed by atoms with Gasteiger partial charge in [-0.15, -0.1) is 0 Å². The number of aromatic amines is 2. The number of ether oxygens (including phenoxy) is 4. The highest BCUT2D eigenvalue weighted by atomic mass is 79.9. The van der Waals surface area contributed by atoms with Crippen LogP contribution in [0.3, 0.4) is 0 Å². The van der Waals surface area contributed by atoms with Crippen molar-refractivity contribution in [1.82, 2.24) is 29.5 Å². The van der Waals surface area contributed by atoms with E-state index in [1.165, 1.54) is 32.1 Å². The molecule has 0 amide bonds. The second-order valence-corrected chi connectivity index (χ2v) is 14.2. The molecule has 0 fully saturated rings. The van der Waals surface area contributed by atoms with Gasteiger partial charge in [0.25, 0.3) is 0 Å². The fraction of sp³-hybridized carbons (Fsp3) is 0.429. The van der Waals surface area contributed by atoms with Crippen molar-refractivity contribution in [2.24, 2.45) is 0 Å². The number of nitrogens with one attached hydrogen (secondary N) is 2. The highest BCUT2D eigenvalue weighted by Gasteiger charge is 2.16. The SMILES string of the molecule is COC(=O)c1ncc[nH]1.[2H]c1c(Br)nc(C(=O)OC)n1COCC[Si](C)(C)C.[2H]c1nc(C(=O)OC)[nH]c1[2H]. The van der Waals surface area contributed by atoms with Crippen LogP contribution in [0.15, 0.2) is 35.5 Å². The minimum atomic E-state index is -1.14. The maximum Gasteiger partial charge on any atom is 0.374 e. The monoisotopic (exact) mass is 589 g/mol. The quantitative estimate of drug-likeness (QED) is 0.172. The molecular formula is C21H31BrN6O7Si. The molecule has 0 atom stereocenters. The molecule has 3 heterocycles. The van der Waals surface area contributed by atoms with Crippen LogP contribution in [0.5, 0.6) is 0 Å². The fourth-order valence-electron chi connectivity index (χ4n) is 2.08. The van der Waals surface area contributed by atoms with Gasteiger partial charge >= 0.3 is 17.9 Å². The summed E-state index contributed by atoms with van der Waals surface area (Å²) in [6.45, 7) is 7.54. The van der Waals surface area contributed by atoms with E-state index in [4.69, 9.17) is 8.85 Å².